The second-order valence-corrected chi connectivity index (χ2v) is 5.92. The Hall–Kier alpha value is -1.68. The standard InChI is InChI=1S/C17H23N3O/c1-13-16(14(2)21-19-13)12-20-11-5-3-4-6-17(20)15-7-9-18-10-8-15/h7-10,17H,3-6,11-12H2,1-2H3. The topological polar surface area (TPSA) is 42.2 Å². The van der Waals surface area contributed by atoms with Crippen LogP contribution in [0.25, 0.3) is 0 Å². The molecule has 1 fully saturated rings. The summed E-state index contributed by atoms with van der Waals surface area (Å²) in [5.74, 6) is 0.949. The van der Waals surface area contributed by atoms with Gasteiger partial charge in [-0.1, -0.05) is 18.0 Å². The second kappa shape index (κ2) is 6.39. The van der Waals surface area contributed by atoms with Crippen LogP contribution in [0.3, 0.4) is 0 Å². The summed E-state index contributed by atoms with van der Waals surface area (Å²) in [5, 5.41) is 4.09. The highest BCUT2D eigenvalue weighted by molar-refractivity contribution is 5.22. The molecule has 0 N–H and O–H groups in total. The molecule has 1 saturated heterocycles. The normalized spacial score (nSPS) is 20.4. The van der Waals surface area contributed by atoms with Gasteiger partial charge >= 0.3 is 0 Å². The van der Waals surface area contributed by atoms with Gasteiger partial charge in [-0.05, 0) is 50.9 Å². The van der Waals surface area contributed by atoms with E-state index in [4.69, 9.17) is 4.52 Å². The van der Waals surface area contributed by atoms with E-state index in [2.05, 4.69) is 27.2 Å². The number of pyridine rings is 1. The molecule has 1 atom stereocenters. The Bertz CT molecular complexity index is 559. The first-order valence-corrected chi connectivity index (χ1v) is 7.81. The number of hydrogen-bond acceptors (Lipinski definition) is 4. The summed E-state index contributed by atoms with van der Waals surface area (Å²) in [7, 11) is 0. The van der Waals surface area contributed by atoms with Gasteiger partial charge in [-0.2, -0.15) is 0 Å². The molecule has 0 amide bonds. The molecule has 0 aromatic carbocycles. The van der Waals surface area contributed by atoms with Crippen molar-refractivity contribution < 1.29 is 4.52 Å². The third-order valence-corrected chi connectivity index (χ3v) is 4.50. The van der Waals surface area contributed by atoms with Gasteiger partial charge < -0.3 is 4.52 Å². The highest BCUT2D eigenvalue weighted by atomic mass is 16.5. The van der Waals surface area contributed by atoms with Crippen LogP contribution in [-0.4, -0.2) is 21.6 Å². The molecule has 4 heteroatoms. The lowest BCUT2D eigenvalue weighted by Crippen LogP contribution is -2.28. The fourth-order valence-corrected chi connectivity index (χ4v) is 3.25. The van der Waals surface area contributed by atoms with Crippen molar-refractivity contribution in [2.45, 2.75) is 52.1 Å². The highest BCUT2D eigenvalue weighted by Gasteiger charge is 2.24. The van der Waals surface area contributed by atoms with E-state index in [9.17, 15) is 0 Å². The number of aryl methyl sites for hydroxylation is 2. The molecule has 0 spiro atoms. The molecule has 1 aliphatic rings. The third kappa shape index (κ3) is 3.16. The van der Waals surface area contributed by atoms with E-state index in [-0.39, 0.29) is 0 Å². The van der Waals surface area contributed by atoms with E-state index in [1.807, 2.05) is 26.2 Å². The number of rotatable bonds is 3. The van der Waals surface area contributed by atoms with Gasteiger partial charge in [0.2, 0.25) is 0 Å². The second-order valence-electron chi connectivity index (χ2n) is 5.92. The molecule has 3 rings (SSSR count). The van der Waals surface area contributed by atoms with E-state index in [0.29, 0.717) is 6.04 Å². The fraction of sp³-hybridized carbons (Fsp3) is 0.529. The van der Waals surface area contributed by atoms with E-state index < -0.39 is 0 Å². The Balaban J connectivity index is 1.86. The summed E-state index contributed by atoms with van der Waals surface area (Å²) < 4.78 is 5.32. The van der Waals surface area contributed by atoms with Crippen molar-refractivity contribution in [2.24, 2.45) is 0 Å². The molecule has 0 aliphatic carbocycles. The zero-order chi connectivity index (χ0) is 14.7. The fourth-order valence-electron chi connectivity index (χ4n) is 3.25. The molecule has 21 heavy (non-hydrogen) atoms. The first-order chi connectivity index (χ1) is 10.3. The Morgan fingerprint density at radius 1 is 1.19 bits per heavy atom. The van der Waals surface area contributed by atoms with Gasteiger partial charge in [0.15, 0.2) is 0 Å². The van der Waals surface area contributed by atoms with Crippen LogP contribution in [0.4, 0.5) is 0 Å². The number of likely N-dealkylation sites (tertiary alicyclic amines) is 1. The van der Waals surface area contributed by atoms with Crippen molar-refractivity contribution in [1.82, 2.24) is 15.0 Å². The Labute approximate surface area is 126 Å². The quantitative estimate of drug-likeness (QED) is 0.860. The Kier molecular flexibility index (Phi) is 4.34. The summed E-state index contributed by atoms with van der Waals surface area (Å²) in [6, 6.07) is 4.77. The molecule has 0 radical (unpaired) electrons. The van der Waals surface area contributed by atoms with Crippen molar-refractivity contribution in [3.63, 3.8) is 0 Å². The average Bonchev–Trinajstić information content (AvgIpc) is 2.71. The maximum absolute atomic E-state index is 5.32. The van der Waals surface area contributed by atoms with Crippen molar-refractivity contribution >= 4 is 0 Å². The largest absolute Gasteiger partial charge is 0.361 e. The zero-order valence-corrected chi connectivity index (χ0v) is 12.9. The summed E-state index contributed by atoms with van der Waals surface area (Å²) in [5.41, 5.74) is 3.64. The monoisotopic (exact) mass is 285 g/mol. The predicted molar refractivity (Wildman–Crippen MR) is 81.8 cm³/mol. The average molecular weight is 285 g/mol. The van der Waals surface area contributed by atoms with Crippen LogP contribution in [-0.2, 0) is 6.54 Å². The molecule has 2 aromatic heterocycles. The van der Waals surface area contributed by atoms with Crippen LogP contribution in [0.1, 0.15) is 54.3 Å². The van der Waals surface area contributed by atoms with Gasteiger partial charge in [-0.25, -0.2) is 0 Å². The van der Waals surface area contributed by atoms with Crippen LogP contribution < -0.4 is 0 Å². The van der Waals surface area contributed by atoms with E-state index in [1.54, 1.807) is 0 Å². The van der Waals surface area contributed by atoms with Gasteiger partial charge in [-0.3, -0.25) is 9.88 Å². The Morgan fingerprint density at radius 2 is 2.00 bits per heavy atom. The smallest absolute Gasteiger partial charge is 0.138 e. The lowest BCUT2D eigenvalue weighted by molar-refractivity contribution is 0.191. The molecule has 1 unspecified atom stereocenters. The van der Waals surface area contributed by atoms with Crippen LogP contribution in [0.5, 0.6) is 0 Å². The van der Waals surface area contributed by atoms with Crippen molar-refractivity contribution in [3.05, 3.63) is 47.1 Å². The minimum Gasteiger partial charge on any atom is -0.361 e. The lowest BCUT2D eigenvalue weighted by atomic mass is 10.0. The van der Waals surface area contributed by atoms with Gasteiger partial charge in [0, 0.05) is 30.5 Å². The zero-order valence-electron chi connectivity index (χ0n) is 12.9. The van der Waals surface area contributed by atoms with E-state index >= 15 is 0 Å². The predicted octanol–water partition coefficient (Wildman–Crippen LogP) is 3.80. The summed E-state index contributed by atoms with van der Waals surface area (Å²) in [4.78, 5) is 6.73. The minimum atomic E-state index is 0.476. The van der Waals surface area contributed by atoms with E-state index in [1.165, 1.54) is 36.8 Å². The molecule has 4 nitrogen and oxygen atoms in total. The maximum Gasteiger partial charge on any atom is 0.138 e. The summed E-state index contributed by atoms with van der Waals surface area (Å²) >= 11 is 0. The molecular formula is C17H23N3O. The minimum absolute atomic E-state index is 0.476. The molecule has 2 aromatic rings. The van der Waals surface area contributed by atoms with Gasteiger partial charge in [-0.15, -0.1) is 0 Å². The lowest BCUT2D eigenvalue weighted by Gasteiger charge is -2.30. The van der Waals surface area contributed by atoms with Crippen molar-refractivity contribution in [2.75, 3.05) is 6.54 Å². The number of aromatic nitrogens is 2. The third-order valence-electron chi connectivity index (χ3n) is 4.50. The molecule has 1 aliphatic heterocycles. The first kappa shape index (κ1) is 14.3. The highest BCUT2D eigenvalue weighted by Crippen LogP contribution is 2.32. The van der Waals surface area contributed by atoms with Crippen LogP contribution in [0, 0.1) is 13.8 Å². The van der Waals surface area contributed by atoms with Crippen LogP contribution >= 0.6 is 0 Å². The molecule has 112 valence electrons. The first-order valence-electron chi connectivity index (χ1n) is 7.81. The van der Waals surface area contributed by atoms with Crippen molar-refractivity contribution in [3.8, 4) is 0 Å². The molecule has 0 saturated carbocycles. The summed E-state index contributed by atoms with van der Waals surface area (Å²) in [6.07, 6.45) is 8.89. The SMILES string of the molecule is Cc1noc(C)c1CN1CCCCCC1c1ccncc1. The van der Waals surface area contributed by atoms with E-state index in [0.717, 1.165) is 24.5 Å². The van der Waals surface area contributed by atoms with Gasteiger partial charge in [0.05, 0.1) is 5.69 Å². The molecular weight excluding hydrogens is 262 g/mol. The molecule has 0 bridgehead atoms. The summed E-state index contributed by atoms with van der Waals surface area (Å²) in [6.45, 7) is 6.10. The van der Waals surface area contributed by atoms with Crippen molar-refractivity contribution in [1.29, 1.82) is 0 Å². The molecule has 3 heterocycles. The van der Waals surface area contributed by atoms with Gasteiger partial charge in [0.25, 0.3) is 0 Å². The maximum atomic E-state index is 5.32. The van der Waals surface area contributed by atoms with Crippen LogP contribution in [0.2, 0.25) is 0 Å². The van der Waals surface area contributed by atoms with Crippen LogP contribution in [0.15, 0.2) is 29.0 Å². The Morgan fingerprint density at radius 3 is 2.71 bits per heavy atom. The number of nitrogens with zero attached hydrogens (tertiary/aromatic N) is 3. The number of hydrogen-bond donors (Lipinski definition) is 0. The van der Waals surface area contributed by atoms with Gasteiger partial charge in [0.1, 0.15) is 5.76 Å².